The van der Waals surface area contributed by atoms with E-state index in [-0.39, 0.29) is 18.1 Å². The van der Waals surface area contributed by atoms with Crippen LogP contribution in [0.3, 0.4) is 0 Å². The number of amides is 2. The van der Waals surface area contributed by atoms with Crippen molar-refractivity contribution in [2.45, 2.75) is 51.2 Å². The van der Waals surface area contributed by atoms with Crippen LogP contribution < -0.4 is 5.32 Å². The smallest absolute Gasteiger partial charge is 0.409 e. The lowest BCUT2D eigenvalue weighted by molar-refractivity contribution is -0.150. The molecule has 26 heavy (non-hydrogen) atoms. The summed E-state index contributed by atoms with van der Waals surface area (Å²) in [6.07, 6.45) is 2.34. The first-order valence-corrected chi connectivity index (χ1v) is 9.23. The van der Waals surface area contributed by atoms with Crippen LogP contribution in [-0.2, 0) is 23.8 Å². The second-order valence-electron chi connectivity index (χ2n) is 6.91. The van der Waals surface area contributed by atoms with Crippen molar-refractivity contribution < 1.29 is 28.6 Å². The van der Waals surface area contributed by atoms with E-state index in [0.717, 1.165) is 19.4 Å². The van der Waals surface area contributed by atoms with Gasteiger partial charge >= 0.3 is 12.1 Å². The number of hydrogen-bond donors (Lipinski definition) is 1. The van der Waals surface area contributed by atoms with Gasteiger partial charge in [-0.25, -0.2) is 9.59 Å². The summed E-state index contributed by atoms with van der Waals surface area (Å²) in [4.78, 5) is 38.4. The number of likely N-dealkylation sites (tertiary alicyclic amines) is 1. The Morgan fingerprint density at radius 3 is 2.69 bits per heavy atom. The zero-order valence-electron chi connectivity index (χ0n) is 15.3. The Balaban J connectivity index is 1.67. The molecule has 8 nitrogen and oxygen atoms in total. The van der Waals surface area contributed by atoms with Gasteiger partial charge in [-0.05, 0) is 26.7 Å². The summed E-state index contributed by atoms with van der Waals surface area (Å²) in [6.45, 7) is 5.59. The van der Waals surface area contributed by atoms with Crippen molar-refractivity contribution in [2.75, 3.05) is 32.8 Å². The van der Waals surface area contributed by atoms with Crippen molar-refractivity contribution in [3.8, 4) is 0 Å². The molecule has 3 aliphatic rings. The van der Waals surface area contributed by atoms with Crippen LogP contribution >= 0.6 is 0 Å². The molecular weight excluding hydrogens is 340 g/mol. The SMILES string of the molecule is CCOC(=O)N1CCC2(CC1)OC(=O)C(C)=C2C(=O)NC[C@H]1CCCO1. The first kappa shape index (κ1) is 18.7. The highest BCUT2D eigenvalue weighted by Gasteiger charge is 2.51. The Labute approximate surface area is 152 Å². The Kier molecular flexibility index (Phi) is 5.50. The molecule has 1 spiro atoms. The highest BCUT2D eigenvalue weighted by atomic mass is 16.6. The molecule has 2 saturated heterocycles. The molecule has 0 aromatic rings. The minimum atomic E-state index is -0.954. The summed E-state index contributed by atoms with van der Waals surface area (Å²) in [5.74, 6) is -0.745. The largest absolute Gasteiger partial charge is 0.450 e. The van der Waals surface area contributed by atoms with E-state index in [1.807, 2.05) is 0 Å². The fourth-order valence-electron chi connectivity index (χ4n) is 3.84. The number of rotatable bonds is 4. The van der Waals surface area contributed by atoms with Gasteiger partial charge in [0, 0.05) is 44.7 Å². The lowest BCUT2D eigenvalue weighted by Crippen LogP contribution is -2.50. The van der Waals surface area contributed by atoms with Crippen LogP contribution in [0.25, 0.3) is 0 Å². The normalized spacial score (nSPS) is 24.8. The topological polar surface area (TPSA) is 94.2 Å². The number of nitrogens with zero attached hydrogens (tertiary/aromatic N) is 1. The summed E-state index contributed by atoms with van der Waals surface area (Å²) < 4.78 is 16.2. The standard InChI is InChI=1S/C18H26N2O6/c1-3-24-17(23)20-8-6-18(7-9-20)14(12(2)16(22)26-18)15(21)19-11-13-5-4-10-25-13/h13H,3-11H2,1-2H3,(H,19,21)/t13-/m1/s1. The van der Waals surface area contributed by atoms with Crippen LogP contribution in [0.4, 0.5) is 4.79 Å². The molecule has 0 saturated carbocycles. The highest BCUT2D eigenvalue weighted by molar-refractivity contribution is 6.07. The van der Waals surface area contributed by atoms with E-state index >= 15 is 0 Å². The molecule has 0 aromatic carbocycles. The number of esters is 1. The van der Waals surface area contributed by atoms with Crippen LogP contribution in [0.5, 0.6) is 0 Å². The molecule has 2 amide bonds. The van der Waals surface area contributed by atoms with Gasteiger partial charge < -0.3 is 24.4 Å². The maximum absolute atomic E-state index is 12.8. The average molecular weight is 366 g/mol. The van der Waals surface area contributed by atoms with Crippen LogP contribution in [0.15, 0.2) is 11.1 Å². The number of nitrogens with one attached hydrogen (secondary N) is 1. The number of carbonyl (C=O) groups excluding carboxylic acids is 3. The maximum atomic E-state index is 12.8. The van der Waals surface area contributed by atoms with Crippen molar-refractivity contribution >= 4 is 18.0 Å². The van der Waals surface area contributed by atoms with Crippen molar-refractivity contribution in [1.29, 1.82) is 0 Å². The number of carbonyl (C=O) groups is 3. The third kappa shape index (κ3) is 3.56. The van der Waals surface area contributed by atoms with Crippen LogP contribution in [-0.4, -0.2) is 67.4 Å². The monoisotopic (exact) mass is 366 g/mol. The van der Waals surface area contributed by atoms with Crippen molar-refractivity contribution in [3.63, 3.8) is 0 Å². The highest BCUT2D eigenvalue weighted by Crippen LogP contribution is 2.41. The fraction of sp³-hybridized carbons (Fsp3) is 0.722. The molecule has 144 valence electrons. The third-order valence-electron chi connectivity index (χ3n) is 5.26. The van der Waals surface area contributed by atoms with Crippen LogP contribution in [0.1, 0.15) is 39.5 Å². The maximum Gasteiger partial charge on any atom is 0.409 e. The lowest BCUT2D eigenvalue weighted by Gasteiger charge is -2.38. The molecule has 0 bridgehead atoms. The predicted octanol–water partition coefficient (Wildman–Crippen LogP) is 1.15. The Morgan fingerprint density at radius 2 is 2.08 bits per heavy atom. The van der Waals surface area contributed by atoms with Crippen molar-refractivity contribution in [3.05, 3.63) is 11.1 Å². The van der Waals surface area contributed by atoms with Gasteiger partial charge in [-0.1, -0.05) is 0 Å². The molecule has 0 aliphatic carbocycles. The molecule has 0 radical (unpaired) electrons. The van der Waals surface area contributed by atoms with Gasteiger partial charge in [0.25, 0.3) is 5.91 Å². The minimum Gasteiger partial charge on any atom is -0.450 e. The second kappa shape index (κ2) is 7.65. The Bertz CT molecular complexity index is 615. The van der Waals surface area contributed by atoms with E-state index in [9.17, 15) is 14.4 Å². The van der Waals surface area contributed by atoms with Gasteiger partial charge in [0.15, 0.2) is 0 Å². The van der Waals surface area contributed by atoms with Gasteiger partial charge in [0.2, 0.25) is 0 Å². The van der Waals surface area contributed by atoms with E-state index < -0.39 is 11.6 Å². The first-order chi connectivity index (χ1) is 12.5. The molecular formula is C18H26N2O6. The summed E-state index contributed by atoms with van der Waals surface area (Å²) in [6, 6.07) is 0. The predicted molar refractivity (Wildman–Crippen MR) is 91.3 cm³/mol. The summed E-state index contributed by atoms with van der Waals surface area (Å²) in [5, 5.41) is 2.88. The first-order valence-electron chi connectivity index (χ1n) is 9.23. The number of hydrogen-bond acceptors (Lipinski definition) is 6. The molecule has 3 heterocycles. The second-order valence-corrected chi connectivity index (χ2v) is 6.91. The molecule has 0 aromatic heterocycles. The van der Waals surface area contributed by atoms with Crippen molar-refractivity contribution in [1.82, 2.24) is 10.2 Å². The molecule has 2 fully saturated rings. The summed E-state index contributed by atoms with van der Waals surface area (Å²) in [7, 11) is 0. The van der Waals surface area contributed by atoms with Gasteiger partial charge in [0.1, 0.15) is 5.60 Å². The van der Waals surface area contributed by atoms with Crippen LogP contribution in [0, 0.1) is 0 Å². The van der Waals surface area contributed by atoms with Gasteiger partial charge in [0.05, 0.1) is 18.3 Å². The fourth-order valence-corrected chi connectivity index (χ4v) is 3.84. The molecule has 0 unspecified atom stereocenters. The quantitative estimate of drug-likeness (QED) is 0.750. The molecule has 1 N–H and O–H groups in total. The Morgan fingerprint density at radius 1 is 1.35 bits per heavy atom. The van der Waals surface area contributed by atoms with Gasteiger partial charge in [-0.2, -0.15) is 0 Å². The van der Waals surface area contributed by atoms with E-state index in [1.54, 1.807) is 18.7 Å². The molecule has 3 rings (SSSR count). The average Bonchev–Trinajstić information content (AvgIpc) is 3.21. The lowest BCUT2D eigenvalue weighted by atomic mass is 9.83. The molecule has 3 aliphatic heterocycles. The zero-order chi connectivity index (χ0) is 18.7. The third-order valence-corrected chi connectivity index (χ3v) is 5.26. The van der Waals surface area contributed by atoms with Gasteiger partial charge in [-0.3, -0.25) is 4.79 Å². The van der Waals surface area contributed by atoms with Crippen LogP contribution in [0.2, 0.25) is 0 Å². The van der Waals surface area contributed by atoms with E-state index in [1.165, 1.54) is 0 Å². The number of piperidine rings is 1. The Hall–Kier alpha value is -2.09. The summed E-state index contributed by atoms with van der Waals surface area (Å²) in [5.41, 5.74) is -0.214. The van der Waals surface area contributed by atoms with E-state index in [0.29, 0.717) is 50.2 Å². The van der Waals surface area contributed by atoms with Gasteiger partial charge in [-0.15, -0.1) is 0 Å². The van der Waals surface area contributed by atoms with E-state index in [4.69, 9.17) is 14.2 Å². The minimum absolute atomic E-state index is 0.0273. The van der Waals surface area contributed by atoms with E-state index in [2.05, 4.69) is 5.32 Å². The zero-order valence-corrected chi connectivity index (χ0v) is 15.3. The van der Waals surface area contributed by atoms with Crippen molar-refractivity contribution in [2.24, 2.45) is 0 Å². The molecule has 8 heteroatoms. The molecule has 1 atom stereocenters. The number of ether oxygens (including phenoxy) is 3. The summed E-state index contributed by atoms with van der Waals surface area (Å²) >= 11 is 0.